The molecular weight excluding hydrogens is 178 g/mol. The van der Waals surface area contributed by atoms with Crippen molar-refractivity contribution >= 4 is 5.88 Å². The molecule has 0 unspecified atom stereocenters. The van der Waals surface area contributed by atoms with Gasteiger partial charge in [0.05, 0.1) is 11.3 Å². The van der Waals surface area contributed by atoms with Crippen molar-refractivity contribution in [2.45, 2.75) is 0 Å². The predicted octanol–water partition coefficient (Wildman–Crippen LogP) is 1.80. The van der Waals surface area contributed by atoms with Gasteiger partial charge in [0.2, 0.25) is 5.88 Å². The van der Waals surface area contributed by atoms with Gasteiger partial charge in [0.1, 0.15) is 17.9 Å². The molecule has 2 aromatic rings. The molecule has 0 aliphatic carbocycles. The molecule has 2 heterocycles. The first-order valence-electron chi connectivity index (χ1n) is 4.01. The minimum absolute atomic E-state index is 0.133. The zero-order chi connectivity index (χ0) is 9.97. The number of hydrogen-bond acceptors (Lipinski definition) is 4. The summed E-state index contributed by atoms with van der Waals surface area (Å²) >= 11 is 0. The third-order valence-corrected chi connectivity index (χ3v) is 1.87. The SMILES string of the molecule is N#Cc1c(-c2ccccn2)coc1N. The number of anilines is 1. The third-order valence-electron chi connectivity index (χ3n) is 1.87. The van der Waals surface area contributed by atoms with E-state index in [2.05, 4.69) is 4.98 Å². The number of nitrogens with two attached hydrogens (primary N) is 1. The summed E-state index contributed by atoms with van der Waals surface area (Å²) in [6.45, 7) is 0. The van der Waals surface area contributed by atoms with Crippen molar-refractivity contribution in [2.75, 3.05) is 5.73 Å². The summed E-state index contributed by atoms with van der Waals surface area (Å²) in [5.74, 6) is 0.133. The number of nitrogens with zero attached hydrogens (tertiary/aromatic N) is 2. The number of furan rings is 1. The summed E-state index contributed by atoms with van der Waals surface area (Å²) < 4.78 is 4.96. The number of nitrogen functional groups attached to an aromatic ring is 1. The van der Waals surface area contributed by atoms with Gasteiger partial charge in [-0.25, -0.2) is 0 Å². The van der Waals surface area contributed by atoms with Gasteiger partial charge in [0.25, 0.3) is 0 Å². The van der Waals surface area contributed by atoms with Crippen LogP contribution in [0.3, 0.4) is 0 Å². The van der Waals surface area contributed by atoms with E-state index in [4.69, 9.17) is 15.4 Å². The fourth-order valence-electron chi connectivity index (χ4n) is 1.20. The highest BCUT2D eigenvalue weighted by atomic mass is 16.3. The van der Waals surface area contributed by atoms with Gasteiger partial charge in [-0.2, -0.15) is 5.26 Å². The van der Waals surface area contributed by atoms with Crippen LogP contribution in [0.25, 0.3) is 11.3 Å². The lowest BCUT2D eigenvalue weighted by Crippen LogP contribution is -1.87. The largest absolute Gasteiger partial charge is 0.447 e. The lowest BCUT2D eigenvalue weighted by atomic mass is 10.1. The zero-order valence-electron chi connectivity index (χ0n) is 7.27. The molecule has 0 aliphatic heterocycles. The van der Waals surface area contributed by atoms with Crippen LogP contribution in [0.15, 0.2) is 35.1 Å². The molecule has 0 spiro atoms. The number of aromatic nitrogens is 1. The zero-order valence-corrected chi connectivity index (χ0v) is 7.27. The monoisotopic (exact) mass is 185 g/mol. The molecule has 0 radical (unpaired) electrons. The maximum Gasteiger partial charge on any atom is 0.208 e. The molecule has 0 amide bonds. The second-order valence-electron chi connectivity index (χ2n) is 2.72. The van der Waals surface area contributed by atoms with E-state index in [1.165, 1.54) is 6.26 Å². The minimum Gasteiger partial charge on any atom is -0.447 e. The van der Waals surface area contributed by atoms with Crippen LogP contribution >= 0.6 is 0 Å². The number of rotatable bonds is 1. The van der Waals surface area contributed by atoms with Crippen molar-refractivity contribution in [2.24, 2.45) is 0 Å². The molecule has 2 aromatic heterocycles. The summed E-state index contributed by atoms with van der Waals surface area (Å²) in [6.07, 6.45) is 3.09. The van der Waals surface area contributed by atoms with Crippen molar-refractivity contribution in [3.05, 3.63) is 36.2 Å². The molecule has 2 rings (SSSR count). The van der Waals surface area contributed by atoms with E-state index in [0.29, 0.717) is 16.8 Å². The molecule has 0 saturated heterocycles. The van der Waals surface area contributed by atoms with Crippen LogP contribution in [-0.4, -0.2) is 4.98 Å². The van der Waals surface area contributed by atoms with Gasteiger partial charge in [-0.1, -0.05) is 6.07 Å². The van der Waals surface area contributed by atoms with Gasteiger partial charge in [-0.05, 0) is 12.1 Å². The second-order valence-corrected chi connectivity index (χ2v) is 2.72. The summed E-state index contributed by atoms with van der Waals surface area (Å²) in [5.41, 5.74) is 7.12. The number of hydrogen-bond donors (Lipinski definition) is 1. The van der Waals surface area contributed by atoms with Crippen LogP contribution in [-0.2, 0) is 0 Å². The summed E-state index contributed by atoms with van der Waals surface area (Å²) in [4.78, 5) is 4.10. The highest BCUT2D eigenvalue weighted by Gasteiger charge is 2.12. The highest BCUT2D eigenvalue weighted by molar-refractivity contribution is 5.71. The van der Waals surface area contributed by atoms with Gasteiger partial charge in [-0.15, -0.1) is 0 Å². The summed E-state index contributed by atoms with van der Waals surface area (Å²) in [7, 11) is 0. The maximum atomic E-state index is 8.83. The molecule has 4 nitrogen and oxygen atoms in total. The first kappa shape index (κ1) is 8.32. The van der Waals surface area contributed by atoms with Crippen LogP contribution in [0.1, 0.15) is 5.56 Å². The van der Waals surface area contributed by atoms with E-state index < -0.39 is 0 Å². The van der Waals surface area contributed by atoms with Crippen molar-refractivity contribution in [3.8, 4) is 17.3 Å². The van der Waals surface area contributed by atoms with E-state index in [-0.39, 0.29) is 5.88 Å². The number of pyridine rings is 1. The fourth-order valence-corrected chi connectivity index (χ4v) is 1.20. The van der Waals surface area contributed by atoms with E-state index in [1.807, 2.05) is 12.1 Å². The smallest absolute Gasteiger partial charge is 0.208 e. The van der Waals surface area contributed by atoms with E-state index in [9.17, 15) is 0 Å². The minimum atomic E-state index is 0.133. The quantitative estimate of drug-likeness (QED) is 0.734. The molecule has 0 aromatic carbocycles. The Morgan fingerprint density at radius 3 is 2.93 bits per heavy atom. The second kappa shape index (κ2) is 3.23. The average Bonchev–Trinajstić information content (AvgIpc) is 2.61. The topological polar surface area (TPSA) is 75.8 Å². The first-order valence-corrected chi connectivity index (χ1v) is 4.01. The molecule has 68 valence electrons. The van der Waals surface area contributed by atoms with Crippen LogP contribution in [0.5, 0.6) is 0 Å². The third kappa shape index (κ3) is 1.21. The van der Waals surface area contributed by atoms with Crippen molar-refractivity contribution < 1.29 is 4.42 Å². The Morgan fingerprint density at radius 2 is 2.29 bits per heavy atom. The van der Waals surface area contributed by atoms with Gasteiger partial charge in [-0.3, -0.25) is 4.98 Å². The molecule has 14 heavy (non-hydrogen) atoms. The van der Waals surface area contributed by atoms with Crippen molar-refractivity contribution in [3.63, 3.8) is 0 Å². The molecule has 2 N–H and O–H groups in total. The summed E-state index contributed by atoms with van der Waals surface area (Å²) in [6, 6.07) is 7.42. The molecule has 0 saturated carbocycles. The lowest BCUT2D eigenvalue weighted by molar-refractivity contribution is 0.588. The fraction of sp³-hybridized carbons (Fsp3) is 0. The van der Waals surface area contributed by atoms with E-state index in [0.717, 1.165) is 0 Å². The lowest BCUT2D eigenvalue weighted by Gasteiger charge is -1.94. The van der Waals surface area contributed by atoms with Crippen LogP contribution in [0.2, 0.25) is 0 Å². The Bertz CT molecular complexity index is 482. The van der Waals surface area contributed by atoms with Crippen LogP contribution < -0.4 is 5.73 Å². The predicted molar refractivity (Wildman–Crippen MR) is 51.1 cm³/mol. The Labute approximate surface area is 80.6 Å². The summed E-state index contributed by atoms with van der Waals surface area (Å²) in [5, 5.41) is 8.83. The first-order chi connectivity index (χ1) is 6.83. The highest BCUT2D eigenvalue weighted by Crippen LogP contribution is 2.27. The molecule has 0 atom stereocenters. The molecular formula is C10H7N3O. The Hall–Kier alpha value is -2.28. The van der Waals surface area contributed by atoms with Gasteiger partial charge < -0.3 is 10.2 Å². The van der Waals surface area contributed by atoms with Crippen LogP contribution in [0, 0.1) is 11.3 Å². The standard InChI is InChI=1S/C10H7N3O/c11-5-7-8(6-14-10(7)12)9-3-1-2-4-13-9/h1-4,6H,12H2. The molecule has 4 heteroatoms. The van der Waals surface area contributed by atoms with E-state index >= 15 is 0 Å². The Morgan fingerprint density at radius 1 is 1.43 bits per heavy atom. The van der Waals surface area contributed by atoms with Gasteiger partial charge >= 0.3 is 0 Å². The molecule has 0 bridgehead atoms. The van der Waals surface area contributed by atoms with Gasteiger partial charge in [0.15, 0.2) is 0 Å². The molecule has 0 aliphatic rings. The van der Waals surface area contributed by atoms with Gasteiger partial charge in [0, 0.05) is 6.20 Å². The Kier molecular flexibility index (Phi) is 1.92. The molecule has 0 fully saturated rings. The normalized spacial score (nSPS) is 9.64. The van der Waals surface area contributed by atoms with Crippen LogP contribution in [0.4, 0.5) is 5.88 Å². The van der Waals surface area contributed by atoms with Crippen molar-refractivity contribution in [1.29, 1.82) is 5.26 Å². The maximum absolute atomic E-state index is 8.83. The van der Waals surface area contributed by atoms with Crippen molar-refractivity contribution in [1.82, 2.24) is 4.98 Å². The average molecular weight is 185 g/mol. The number of nitriles is 1. The van der Waals surface area contributed by atoms with E-state index in [1.54, 1.807) is 18.3 Å². The Balaban J connectivity index is 2.59.